The van der Waals surface area contributed by atoms with E-state index in [0.29, 0.717) is 22.8 Å². The number of halogens is 1. The summed E-state index contributed by atoms with van der Waals surface area (Å²) in [4.78, 5) is 16.7. The molecule has 33 heavy (non-hydrogen) atoms. The van der Waals surface area contributed by atoms with Crippen molar-refractivity contribution in [3.63, 3.8) is 0 Å². The Labute approximate surface area is 190 Å². The zero-order chi connectivity index (χ0) is 22.8. The molecule has 5 rings (SSSR count). The highest BCUT2D eigenvalue weighted by Gasteiger charge is 2.19. The van der Waals surface area contributed by atoms with E-state index in [1.165, 1.54) is 6.07 Å². The number of rotatable bonds is 6. The second-order valence-electron chi connectivity index (χ2n) is 8.34. The highest BCUT2D eigenvalue weighted by molar-refractivity contribution is 6.00. The van der Waals surface area contributed by atoms with Gasteiger partial charge >= 0.3 is 0 Å². The number of aromatic nitrogens is 3. The van der Waals surface area contributed by atoms with Gasteiger partial charge in [0.1, 0.15) is 5.82 Å². The number of hydrogen-bond acceptors (Lipinski definition) is 5. The fraction of sp³-hybridized carbons (Fsp3) is 0.240. The number of aryl methyl sites for hydroxylation is 1. The van der Waals surface area contributed by atoms with Crippen LogP contribution in [0, 0.1) is 12.7 Å². The molecule has 1 aliphatic heterocycles. The molecule has 2 aromatic carbocycles. The average molecular weight is 445 g/mol. The van der Waals surface area contributed by atoms with Gasteiger partial charge < -0.3 is 16.0 Å². The Hall–Kier alpha value is -3.78. The number of H-pyrrole nitrogens is 1. The van der Waals surface area contributed by atoms with Gasteiger partial charge in [-0.2, -0.15) is 5.10 Å². The third kappa shape index (κ3) is 4.42. The average Bonchev–Trinajstić information content (AvgIpc) is 3.49. The number of nitrogens with one attached hydrogen (secondary N) is 4. The fourth-order valence-corrected chi connectivity index (χ4v) is 4.11. The van der Waals surface area contributed by atoms with Gasteiger partial charge in [0.05, 0.1) is 5.39 Å². The Morgan fingerprint density at radius 3 is 2.79 bits per heavy atom. The number of amides is 1. The van der Waals surface area contributed by atoms with E-state index in [9.17, 15) is 9.18 Å². The van der Waals surface area contributed by atoms with Crippen LogP contribution in [-0.4, -0.2) is 40.2 Å². The van der Waals surface area contributed by atoms with Gasteiger partial charge in [-0.05, 0) is 55.3 Å². The predicted molar refractivity (Wildman–Crippen MR) is 127 cm³/mol. The third-order valence-electron chi connectivity index (χ3n) is 5.98. The van der Waals surface area contributed by atoms with Crippen molar-refractivity contribution in [1.29, 1.82) is 0 Å². The summed E-state index contributed by atoms with van der Waals surface area (Å²) in [5.41, 5.74) is 4.27. The molecular formula is C25H25FN6O. The molecule has 1 aliphatic rings. The van der Waals surface area contributed by atoms with Crippen molar-refractivity contribution in [3.8, 4) is 11.1 Å². The molecule has 168 valence electrons. The molecule has 0 spiro atoms. The topological polar surface area (TPSA) is 94.7 Å². The Morgan fingerprint density at radius 1 is 1.18 bits per heavy atom. The first-order chi connectivity index (χ1) is 16.1. The quantitative estimate of drug-likeness (QED) is 0.363. The predicted octanol–water partition coefficient (Wildman–Crippen LogP) is 3.78. The van der Waals surface area contributed by atoms with E-state index in [2.05, 4.69) is 31.1 Å². The second-order valence-corrected chi connectivity index (χ2v) is 8.34. The van der Waals surface area contributed by atoms with Gasteiger partial charge in [-0.15, -0.1) is 0 Å². The molecule has 1 amide bonds. The van der Waals surface area contributed by atoms with Crippen LogP contribution in [0.4, 0.5) is 10.2 Å². The van der Waals surface area contributed by atoms with Crippen LogP contribution in [0.2, 0.25) is 0 Å². The van der Waals surface area contributed by atoms with Crippen LogP contribution in [-0.2, 0) is 6.54 Å². The summed E-state index contributed by atoms with van der Waals surface area (Å²) in [5.74, 6) is 0.112. The molecule has 0 aliphatic carbocycles. The van der Waals surface area contributed by atoms with Crippen molar-refractivity contribution in [3.05, 3.63) is 77.2 Å². The Kier molecular flexibility index (Phi) is 5.75. The second kappa shape index (κ2) is 8.99. The molecule has 1 atom stereocenters. The molecule has 0 radical (unpaired) electrons. The van der Waals surface area contributed by atoms with Gasteiger partial charge in [0.2, 0.25) is 0 Å². The normalized spacial score (nSPS) is 15.6. The van der Waals surface area contributed by atoms with Crippen molar-refractivity contribution in [1.82, 2.24) is 25.8 Å². The number of anilines is 1. The van der Waals surface area contributed by atoms with Gasteiger partial charge in [-0.25, -0.2) is 9.37 Å². The summed E-state index contributed by atoms with van der Waals surface area (Å²) >= 11 is 0. The van der Waals surface area contributed by atoms with Gasteiger partial charge in [0.25, 0.3) is 5.91 Å². The van der Waals surface area contributed by atoms with Crippen molar-refractivity contribution in [2.45, 2.75) is 25.9 Å². The molecule has 7 nitrogen and oxygen atoms in total. The first kappa shape index (κ1) is 21.1. The number of hydrogen-bond donors (Lipinski definition) is 4. The molecule has 2 aromatic heterocycles. The summed E-state index contributed by atoms with van der Waals surface area (Å²) in [6, 6.07) is 14.5. The van der Waals surface area contributed by atoms with Gasteiger partial charge in [-0.3, -0.25) is 9.89 Å². The van der Waals surface area contributed by atoms with E-state index in [0.717, 1.165) is 47.4 Å². The molecule has 3 heterocycles. The minimum atomic E-state index is -0.375. The van der Waals surface area contributed by atoms with E-state index < -0.39 is 0 Å². The number of carbonyl (C=O) groups excluding carboxylic acids is 1. The highest BCUT2D eigenvalue weighted by Crippen LogP contribution is 2.33. The lowest BCUT2D eigenvalue weighted by molar-refractivity contribution is 0.0950. The van der Waals surface area contributed by atoms with Crippen molar-refractivity contribution >= 4 is 22.8 Å². The molecule has 1 saturated heterocycles. The van der Waals surface area contributed by atoms with Crippen LogP contribution < -0.4 is 16.0 Å². The van der Waals surface area contributed by atoms with Crippen LogP contribution >= 0.6 is 0 Å². The zero-order valence-corrected chi connectivity index (χ0v) is 18.3. The minimum Gasteiger partial charge on any atom is -0.364 e. The molecule has 0 bridgehead atoms. The lowest BCUT2D eigenvalue weighted by atomic mass is 10.0. The number of carbonyl (C=O) groups is 1. The smallest absolute Gasteiger partial charge is 0.251 e. The molecule has 8 heteroatoms. The van der Waals surface area contributed by atoms with Gasteiger partial charge in [0.15, 0.2) is 11.5 Å². The molecule has 0 saturated carbocycles. The SMILES string of the molecule is Cc1ccc(C(=O)NCc2ccc(-c3ccnc4[nH]nc(N[C@@H]5CCNC5)c34)cc2F)cc1. The van der Waals surface area contributed by atoms with Crippen LogP contribution in [0.25, 0.3) is 22.2 Å². The van der Waals surface area contributed by atoms with E-state index >= 15 is 0 Å². The zero-order valence-electron chi connectivity index (χ0n) is 18.3. The molecule has 4 aromatic rings. The molecule has 1 fully saturated rings. The fourth-order valence-electron chi connectivity index (χ4n) is 4.11. The van der Waals surface area contributed by atoms with Crippen molar-refractivity contribution in [2.24, 2.45) is 0 Å². The standard InChI is InChI=1S/C25H25FN6O/c1-15-2-4-16(5-3-15)25(33)29-13-18-7-6-17(12-21(18)26)20-9-11-28-23-22(20)24(32-31-23)30-19-8-10-27-14-19/h2-7,9,11-12,19,27H,8,10,13-14H2,1H3,(H,29,33)(H2,28,30,31,32)/t19-/m1/s1. The first-order valence-corrected chi connectivity index (χ1v) is 11.0. The van der Waals surface area contributed by atoms with Crippen LogP contribution in [0.1, 0.15) is 27.9 Å². The third-order valence-corrected chi connectivity index (χ3v) is 5.98. The maximum atomic E-state index is 15.0. The van der Waals surface area contributed by atoms with Crippen LogP contribution in [0.5, 0.6) is 0 Å². The number of aromatic amines is 1. The molecule has 4 N–H and O–H groups in total. The van der Waals surface area contributed by atoms with E-state index in [1.807, 2.05) is 31.2 Å². The summed E-state index contributed by atoms with van der Waals surface area (Å²) in [6.45, 7) is 3.92. The molecule has 0 unspecified atom stereocenters. The monoisotopic (exact) mass is 444 g/mol. The minimum absolute atomic E-state index is 0.109. The van der Waals surface area contributed by atoms with E-state index in [4.69, 9.17) is 0 Å². The highest BCUT2D eigenvalue weighted by atomic mass is 19.1. The lowest BCUT2D eigenvalue weighted by Gasteiger charge is -2.12. The first-order valence-electron chi connectivity index (χ1n) is 11.0. The number of benzene rings is 2. The van der Waals surface area contributed by atoms with Crippen LogP contribution in [0.3, 0.4) is 0 Å². The Balaban J connectivity index is 1.37. The Morgan fingerprint density at radius 2 is 2.03 bits per heavy atom. The maximum absolute atomic E-state index is 15.0. The van der Waals surface area contributed by atoms with Gasteiger partial charge in [-0.1, -0.05) is 29.8 Å². The Bertz CT molecular complexity index is 1290. The van der Waals surface area contributed by atoms with Crippen LogP contribution in [0.15, 0.2) is 54.7 Å². The largest absolute Gasteiger partial charge is 0.364 e. The summed E-state index contributed by atoms with van der Waals surface area (Å²) in [7, 11) is 0. The molecular weight excluding hydrogens is 419 g/mol. The van der Waals surface area contributed by atoms with Crippen molar-refractivity contribution in [2.75, 3.05) is 18.4 Å². The number of fused-ring (bicyclic) bond motifs is 1. The van der Waals surface area contributed by atoms with E-state index in [-0.39, 0.29) is 18.3 Å². The number of nitrogens with zero attached hydrogens (tertiary/aromatic N) is 2. The lowest BCUT2D eigenvalue weighted by Crippen LogP contribution is -2.23. The van der Waals surface area contributed by atoms with Gasteiger partial charge in [0, 0.05) is 36.5 Å². The van der Waals surface area contributed by atoms with E-state index in [1.54, 1.807) is 24.4 Å². The summed E-state index contributed by atoms with van der Waals surface area (Å²) < 4.78 is 15.0. The van der Waals surface area contributed by atoms with Crippen molar-refractivity contribution < 1.29 is 9.18 Å². The maximum Gasteiger partial charge on any atom is 0.251 e. The number of pyridine rings is 1. The summed E-state index contributed by atoms with van der Waals surface area (Å²) in [6.07, 6.45) is 2.70. The summed E-state index contributed by atoms with van der Waals surface area (Å²) in [5, 5.41) is 17.8.